The van der Waals surface area contributed by atoms with Crippen LogP contribution in [-0.4, -0.2) is 73.1 Å². The van der Waals surface area contributed by atoms with E-state index < -0.39 is 18.0 Å². The Hall–Kier alpha value is -0.870. The Bertz CT molecular complexity index is 904. The first-order valence-corrected chi connectivity index (χ1v) is 13.9. The number of ketones is 1. The highest BCUT2D eigenvalue weighted by Gasteiger charge is 2.60. The van der Waals surface area contributed by atoms with Gasteiger partial charge in [-0.2, -0.15) is 0 Å². The monoisotopic (exact) mass is 506 g/mol. The topological polar surface area (TPSA) is 92.7 Å². The minimum atomic E-state index is -0.656. The van der Waals surface area contributed by atoms with Gasteiger partial charge in [-0.15, -0.1) is 0 Å². The molecule has 1 saturated carbocycles. The highest BCUT2D eigenvalue weighted by atomic mass is 17.2. The molecule has 202 valence electrons. The Labute approximate surface area is 213 Å². The largest absolute Gasteiger partial charge is 0.388 e. The molecule has 3 aliphatic carbocycles. The average Bonchev–Trinajstić information content (AvgIpc) is 3.35. The van der Waals surface area contributed by atoms with Gasteiger partial charge in [-0.3, -0.25) is 4.79 Å². The van der Waals surface area contributed by atoms with E-state index in [1.807, 2.05) is 6.92 Å². The molecule has 0 amide bonds. The molecular weight excluding hydrogens is 464 g/mol. The highest BCUT2D eigenvalue weighted by molar-refractivity contribution is 5.86. The van der Waals surface area contributed by atoms with Crippen molar-refractivity contribution in [2.45, 2.75) is 127 Å². The van der Waals surface area contributed by atoms with Crippen LogP contribution in [0.5, 0.6) is 0 Å². The number of hydrogen-bond donors (Lipinski definition) is 1. The maximum Gasteiger partial charge on any atom is 0.161 e. The quantitative estimate of drug-likeness (QED) is 0.458. The molecule has 6 aliphatic rings. The molecule has 1 N–H and O–H groups in total. The van der Waals surface area contributed by atoms with Crippen molar-refractivity contribution in [3.63, 3.8) is 0 Å². The zero-order valence-corrected chi connectivity index (χ0v) is 22.1. The molecule has 6 rings (SSSR count). The van der Waals surface area contributed by atoms with E-state index in [-0.39, 0.29) is 47.8 Å². The number of allylic oxidation sites excluding steroid dienone is 1. The molecule has 11 atom stereocenters. The number of fused-ring (bicyclic) bond motifs is 2. The van der Waals surface area contributed by atoms with Crippen LogP contribution in [0.25, 0.3) is 0 Å². The van der Waals surface area contributed by atoms with Gasteiger partial charge in [-0.1, -0.05) is 12.5 Å². The van der Waals surface area contributed by atoms with Crippen LogP contribution in [0, 0.1) is 17.3 Å². The van der Waals surface area contributed by atoms with Crippen LogP contribution in [0.2, 0.25) is 0 Å². The maximum atomic E-state index is 14.0. The van der Waals surface area contributed by atoms with Crippen molar-refractivity contribution < 1.29 is 38.6 Å². The van der Waals surface area contributed by atoms with Gasteiger partial charge < -0.3 is 24.1 Å². The number of rotatable bonds is 3. The zero-order valence-electron chi connectivity index (χ0n) is 22.1. The van der Waals surface area contributed by atoms with E-state index in [1.54, 1.807) is 7.11 Å². The first-order chi connectivity index (χ1) is 17.2. The number of hydrogen-bond acceptors (Lipinski definition) is 8. The van der Waals surface area contributed by atoms with E-state index in [2.05, 4.69) is 13.8 Å². The number of aliphatic hydroxyl groups excluding tert-OH is 1. The minimum Gasteiger partial charge on any atom is -0.388 e. The zero-order chi connectivity index (χ0) is 25.2. The summed E-state index contributed by atoms with van der Waals surface area (Å²) in [5, 5.41) is 10.3. The van der Waals surface area contributed by atoms with Crippen LogP contribution in [0.1, 0.15) is 78.6 Å². The Morgan fingerprint density at radius 1 is 1.08 bits per heavy atom. The molecule has 3 heterocycles. The van der Waals surface area contributed by atoms with Crippen molar-refractivity contribution in [1.29, 1.82) is 0 Å². The number of methoxy groups -OCH3 is 1. The number of ether oxygens (including phenoxy) is 4. The molecule has 0 spiro atoms. The predicted molar refractivity (Wildman–Crippen MR) is 129 cm³/mol. The lowest BCUT2D eigenvalue weighted by Gasteiger charge is -2.47. The van der Waals surface area contributed by atoms with E-state index in [4.69, 9.17) is 28.7 Å². The van der Waals surface area contributed by atoms with Gasteiger partial charge >= 0.3 is 0 Å². The van der Waals surface area contributed by atoms with Crippen molar-refractivity contribution in [2.24, 2.45) is 17.3 Å². The molecule has 1 unspecified atom stereocenters. The summed E-state index contributed by atoms with van der Waals surface area (Å²) in [6.45, 7) is 6.70. The summed E-state index contributed by atoms with van der Waals surface area (Å²) in [7, 11) is 1.62. The molecule has 4 fully saturated rings. The van der Waals surface area contributed by atoms with Crippen LogP contribution in [0.4, 0.5) is 0 Å². The summed E-state index contributed by atoms with van der Waals surface area (Å²) in [5.41, 5.74) is 2.07. The van der Waals surface area contributed by atoms with Crippen molar-refractivity contribution in [3.05, 3.63) is 11.1 Å². The van der Waals surface area contributed by atoms with Crippen LogP contribution >= 0.6 is 0 Å². The summed E-state index contributed by atoms with van der Waals surface area (Å²) in [4.78, 5) is 25.6. The molecule has 8 heteroatoms. The summed E-state index contributed by atoms with van der Waals surface area (Å²) in [6.07, 6.45) is 5.62. The predicted octanol–water partition coefficient (Wildman–Crippen LogP) is 3.64. The molecular formula is C28H42O8. The Morgan fingerprint density at radius 3 is 2.72 bits per heavy atom. The van der Waals surface area contributed by atoms with Crippen molar-refractivity contribution in [3.8, 4) is 0 Å². The third kappa shape index (κ3) is 4.12. The molecule has 0 bridgehead atoms. The van der Waals surface area contributed by atoms with Gasteiger partial charge in [0.05, 0.1) is 31.0 Å². The fourth-order valence-electron chi connectivity index (χ4n) is 8.18. The molecule has 0 aromatic rings. The van der Waals surface area contributed by atoms with Gasteiger partial charge in [0.15, 0.2) is 6.29 Å². The van der Waals surface area contributed by atoms with Crippen LogP contribution in [-0.2, 0) is 33.5 Å². The van der Waals surface area contributed by atoms with E-state index in [0.717, 1.165) is 44.9 Å². The van der Waals surface area contributed by atoms with Gasteiger partial charge in [0.25, 0.3) is 0 Å². The summed E-state index contributed by atoms with van der Waals surface area (Å²) >= 11 is 0. The van der Waals surface area contributed by atoms with Crippen LogP contribution < -0.4 is 0 Å². The molecule has 8 nitrogen and oxygen atoms in total. The SMILES string of the molecule is CO[C@@H]1C[C@H](O[C@H]2CCCC3=C2CC[C@]2(C)CCC4OO[C@@]5(C)CO[C@@H](CC(=O)[C@@H]32)[C@H]45)O[C@H](C)[C@H]1O. The van der Waals surface area contributed by atoms with Crippen molar-refractivity contribution in [1.82, 2.24) is 0 Å². The molecule has 0 radical (unpaired) electrons. The minimum absolute atomic E-state index is 0.0155. The number of Topliss-reactive ketones (excluding diaryl/α,β-unsaturated/α-hetero) is 1. The van der Waals surface area contributed by atoms with E-state index in [0.29, 0.717) is 25.2 Å². The second-order valence-electron chi connectivity index (χ2n) is 12.5. The second kappa shape index (κ2) is 9.40. The highest BCUT2D eigenvalue weighted by Crippen LogP contribution is 2.56. The van der Waals surface area contributed by atoms with Gasteiger partial charge in [0, 0.05) is 31.8 Å². The summed E-state index contributed by atoms with van der Waals surface area (Å²) in [6, 6.07) is 0. The number of aliphatic hydroxyl groups is 1. The van der Waals surface area contributed by atoms with Crippen LogP contribution in [0.3, 0.4) is 0 Å². The third-order valence-electron chi connectivity index (χ3n) is 10.2. The van der Waals surface area contributed by atoms with E-state index in [9.17, 15) is 9.90 Å². The molecule has 0 aromatic heterocycles. The van der Waals surface area contributed by atoms with E-state index in [1.165, 1.54) is 11.1 Å². The number of carbonyl (C=O) groups is 1. The standard InChI is InChI=1S/C28H42O8/c1-15-26(30)22(31-4)13-23(33-15)34-19-7-5-6-17-16(19)8-10-27(2)11-9-20-25-21(12-18(29)24(17)27)32-14-28(25,3)36-35-20/h15,19-26,30H,5-14H2,1-4H3/t15-,19+,20?,21+,22-,23+,24-,25+,26-,27-,28+/m1/s1. The van der Waals surface area contributed by atoms with Gasteiger partial charge in [-0.05, 0) is 69.8 Å². The Kier molecular flexibility index (Phi) is 6.63. The molecule has 0 aromatic carbocycles. The Balaban J connectivity index is 1.26. The van der Waals surface area contributed by atoms with Gasteiger partial charge in [0.1, 0.15) is 23.6 Å². The van der Waals surface area contributed by atoms with E-state index >= 15 is 0 Å². The lowest BCUT2D eigenvalue weighted by Crippen LogP contribution is -2.49. The first-order valence-electron chi connectivity index (χ1n) is 13.9. The fraction of sp³-hybridized carbons (Fsp3) is 0.893. The first kappa shape index (κ1) is 25.4. The van der Waals surface area contributed by atoms with Crippen molar-refractivity contribution >= 4 is 5.78 Å². The van der Waals surface area contributed by atoms with Gasteiger partial charge in [0.2, 0.25) is 0 Å². The van der Waals surface area contributed by atoms with Crippen LogP contribution in [0.15, 0.2) is 11.1 Å². The lowest BCUT2D eigenvalue weighted by atomic mass is 9.58. The summed E-state index contributed by atoms with van der Waals surface area (Å²) < 4.78 is 24.2. The second-order valence-corrected chi connectivity index (χ2v) is 12.5. The number of carbonyl (C=O) groups excluding carboxylic acids is 1. The maximum absolute atomic E-state index is 14.0. The molecule has 3 aliphatic heterocycles. The summed E-state index contributed by atoms with van der Waals surface area (Å²) in [5.74, 6) is 0.315. The Morgan fingerprint density at radius 2 is 1.92 bits per heavy atom. The van der Waals surface area contributed by atoms with Crippen molar-refractivity contribution in [2.75, 3.05) is 13.7 Å². The van der Waals surface area contributed by atoms with Gasteiger partial charge in [-0.25, -0.2) is 9.78 Å². The molecule has 36 heavy (non-hydrogen) atoms. The molecule has 3 saturated heterocycles. The third-order valence-corrected chi connectivity index (χ3v) is 10.2. The fourth-order valence-corrected chi connectivity index (χ4v) is 8.18. The average molecular weight is 507 g/mol. The lowest BCUT2D eigenvalue weighted by molar-refractivity contribution is -0.328. The normalized spacial score (nSPS) is 51.1. The smallest absolute Gasteiger partial charge is 0.161 e.